The Bertz CT molecular complexity index is 314. The van der Waals surface area contributed by atoms with Crippen molar-refractivity contribution < 1.29 is 9.18 Å². The highest BCUT2D eigenvalue weighted by Gasteiger charge is 2.04. The number of ketones is 1. The van der Waals surface area contributed by atoms with Crippen LogP contribution in [0.25, 0.3) is 0 Å². The average Bonchev–Trinajstić information content (AvgIpc) is 2.03. The molecule has 0 amide bonds. The van der Waals surface area contributed by atoms with Crippen LogP contribution in [0.4, 0.5) is 4.39 Å². The van der Waals surface area contributed by atoms with Crippen LogP contribution >= 0.6 is 11.6 Å². The van der Waals surface area contributed by atoms with Gasteiger partial charge in [0.15, 0.2) is 5.78 Å². The fraction of sp³-hybridized carbons (Fsp3) is 0.250. The predicted octanol–water partition coefficient (Wildman–Crippen LogP) is 2.16. The maximum Gasteiger partial charge on any atom is 0.213 e. The van der Waals surface area contributed by atoms with Crippen LogP contribution < -0.4 is 0 Å². The number of carbonyl (C=O) groups is 1. The number of halogens is 2. The molecule has 0 unspecified atom stereocenters. The molecule has 0 N–H and O–H groups in total. The molecule has 0 fully saturated rings. The van der Waals surface area contributed by atoms with E-state index in [2.05, 4.69) is 4.98 Å². The summed E-state index contributed by atoms with van der Waals surface area (Å²) in [6.07, 6.45) is 0. The van der Waals surface area contributed by atoms with Crippen LogP contribution in [0, 0.1) is 5.95 Å². The van der Waals surface area contributed by atoms with Crippen molar-refractivity contribution in [2.45, 2.75) is 12.8 Å². The first kappa shape index (κ1) is 9.13. The van der Waals surface area contributed by atoms with Gasteiger partial charge >= 0.3 is 0 Å². The summed E-state index contributed by atoms with van der Waals surface area (Å²) in [5, 5.41) is 0. The summed E-state index contributed by atoms with van der Waals surface area (Å²) in [7, 11) is 0. The summed E-state index contributed by atoms with van der Waals surface area (Å²) in [6, 6.07) is 2.58. The van der Waals surface area contributed by atoms with Gasteiger partial charge in [0, 0.05) is 11.6 Å². The molecule has 0 aliphatic carbocycles. The molecule has 1 aromatic rings. The van der Waals surface area contributed by atoms with Crippen molar-refractivity contribution in [3.8, 4) is 0 Å². The van der Waals surface area contributed by atoms with Crippen molar-refractivity contribution in [3.63, 3.8) is 0 Å². The van der Waals surface area contributed by atoms with Crippen molar-refractivity contribution in [3.05, 3.63) is 29.3 Å². The van der Waals surface area contributed by atoms with Gasteiger partial charge in [-0.2, -0.15) is 4.39 Å². The third-order valence-corrected chi connectivity index (χ3v) is 1.66. The van der Waals surface area contributed by atoms with Gasteiger partial charge in [-0.3, -0.25) is 4.79 Å². The van der Waals surface area contributed by atoms with Crippen molar-refractivity contribution in [2.24, 2.45) is 0 Å². The highest BCUT2D eigenvalue weighted by Crippen LogP contribution is 2.07. The molecular formula is C8H7ClFNO. The summed E-state index contributed by atoms with van der Waals surface area (Å²) in [5.41, 5.74) is 0.681. The quantitative estimate of drug-likeness (QED) is 0.404. The SMILES string of the molecule is CC(=O)c1cc(F)nc(CCl)c1. The van der Waals surface area contributed by atoms with Gasteiger partial charge in [-0.15, -0.1) is 11.6 Å². The fourth-order valence-corrected chi connectivity index (χ4v) is 0.960. The summed E-state index contributed by atoms with van der Waals surface area (Å²) >= 11 is 5.44. The molecule has 0 saturated carbocycles. The normalized spacial score (nSPS) is 9.92. The Kier molecular flexibility index (Phi) is 2.76. The number of alkyl halides is 1. The Morgan fingerprint density at radius 3 is 2.83 bits per heavy atom. The van der Waals surface area contributed by atoms with Crippen LogP contribution in [-0.4, -0.2) is 10.8 Å². The lowest BCUT2D eigenvalue weighted by Gasteiger charge is -1.98. The molecule has 4 heteroatoms. The predicted molar refractivity (Wildman–Crippen MR) is 43.8 cm³/mol. The Hall–Kier alpha value is -0.960. The van der Waals surface area contributed by atoms with Crippen molar-refractivity contribution >= 4 is 17.4 Å². The first-order chi connectivity index (χ1) is 5.63. The number of nitrogens with zero attached hydrogens (tertiary/aromatic N) is 1. The number of hydrogen-bond acceptors (Lipinski definition) is 2. The lowest BCUT2D eigenvalue weighted by atomic mass is 10.2. The largest absolute Gasteiger partial charge is 0.295 e. The zero-order valence-corrected chi connectivity index (χ0v) is 7.23. The number of rotatable bonds is 2. The summed E-state index contributed by atoms with van der Waals surface area (Å²) in [4.78, 5) is 14.3. The van der Waals surface area contributed by atoms with E-state index in [4.69, 9.17) is 11.6 Å². The topological polar surface area (TPSA) is 30.0 Å². The smallest absolute Gasteiger partial charge is 0.213 e. The van der Waals surface area contributed by atoms with Crippen LogP contribution in [0.5, 0.6) is 0 Å². The minimum absolute atomic E-state index is 0.109. The zero-order chi connectivity index (χ0) is 9.14. The van der Waals surface area contributed by atoms with E-state index in [1.807, 2.05) is 0 Å². The van der Waals surface area contributed by atoms with Crippen molar-refractivity contribution in [1.82, 2.24) is 4.98 Å². The number of hydrogen-bond donors (Lipinski definition) is 0. The van der Waals surface area contributed by atoms with E-state index in [1.54, 1.807) is 0 Å². The molecule has 0 spiro atoms. The molecule has 1 heterocycles. The number of carbonyl (C=O) groups excluding carboxylic acids is 1. The summed E-state index contributed by atoms with van der Waals surface area (Å²) < 4.78 is 12.7. The number of pyridine rings is 1. The molecule has 2 nitrogen and oxygen atoms in total. The molecular weight excluding hydrogens is 181 g/mol. The average molecular weight is 188 g/mol. The Labute approximate surface area is 74.4 Å². The van der Waals surface area contributed by atoms with Crippen LogP contribution in [0.3, 0.4) is 0 Å². The highest BCUT2D eigenvalue weighted by molar-refractivity contribution is 6.16. The van der Waals surface area contributed by atoms with Gasteiger partial charge in [-0.1, -0.05) is 0 Å². The molecule has 0 bridgehead atoms. The Morgan fingerprint density at radius 2 is 2.33 bits per heavy atom. The lowest BCUT2D eigenvalue weighted by molar-refractivity contribution is 0.101. The van der Waals surface area contributed by atoms with E-state index in [1.165, 1.54) is 13.0 Å². The minimum Gasteiger partial charge on any atom is -0.295 e. The van der Waals surface area contributed by atoms with Gasteiger partial charge in [0.05, 0.1) is 11.6 Å². The first-order valence-corrected chi connectivity index (χ1v) is 3.90. The van der Waals surface area contributed by atoms with E-state index in [9.17, 15) is 9.18 Å². The lowest BCUT2D eigenvalue weighted by Crippen LogP contribution is -1.98. The second-order valence-electron chi connectivity index (χ2n) is 2.36. The van der Waals surface area contributed by atoms with Gasteiger partial charge in [-0.25, -0.2) is 4.98 Å². The van der Waals surface area contributed by atoms with E-state index in [0.29, 0.717) is 11.3 Å². The molecule has 0 aliphatic rings. The Balaban J connectivity index is 3.15. The van der Waals surface area contributed by atoms with E-state index >= 15 is 0 Å². The van der Waals surface area contributed by atoms with Gasteiger partial charge in [0.25, 0.3) is 0 Å². The standard InChI is InChI=1S/C8H7ClFNO/c1-5(12)6-2-7(4-9)11-8(10)3-6/h2-3H,4H2,1H3. The van der Waals surface area contributed by atoms with Crippen LogP contribution in [-0.2, 0) is 5.88 Å². The third-order valence-electron chi connectivity index (χ3n) is 1.39. The monoisotopic (exact) mass is 187 g/mol. The summed E-state index contributed by atoms with van der Waals surface area (Å²) in [5.74, 6) is -0.751. The summed E-state index contributed by atoms with van der Waals surface area (Å²) in [6.45, 7) is 1.37. The van der Waals surface area contributed by atoms with Crippen molar-refractivity contribution in [1.29, 1.82) is 0 Å². The molecule has 0 radical (unpaired) electrons. The minimum atomic E-state index is -0.668. The molecule has 64 valence electrons. The molecule has 0 saturated heterocycles. The Morgan fingerprint density at radius 1 is 1.67 bits per heavy atom. The first-order valence-electron chi connectivity index (χ1n) is 3.37. The van der Waals surface area contributed by atoms with E-state index < -0.39 is 5.95 Å². The zero-order valence-electron chi connectivity index (χ0n) is 6.47. The number of Topliss-reactive ketones (excluding diaryl/α,β-unsaturated/α-hetero) is 1. The van der Waals surface area contributed by atoms with Crippen LogP contribution in [0.1, 0.15) is 23.0 Å². The van der Waals surface area contributed by atoms with Crippen molar-refractivity contribution in [2.75, 3.05) is 0 Å². The van der Waals surface area contributed by atoms with Gasteiger partial charge < -0.3 is 0 Å². The fourth-order valence-electron chi connectivity index (χ4n) is 0.823. The molecule has 0 aromatic carbocycles. The molecule has 12 heavy (non-hydrogen) atoms. The van der Waals surface area contributed by atoms with Gasteiger partial charge in [-0.05, 0) is 13.0 Å². The third kappa shape index (κ3) is 2.01. The maximum atomic E-state index is 12.7. The maximum absolute atomic E-state index is 12.7. The van der Waals surface area contributed by atoms with E-state index in [-0.39, 0.29) is 11.7 Å². The second kappa shape index (κ2) is 3.63. The second-order valence-corrected chi connectivity index (χ2v) is 2.63. The van der Waals surface area contributed by atoms with Gasteiger partial charge in [0.2, 0.25) is 5.95 Å². The van der Waals surface area contributed by atoms with E-state index in [0.717, 1.165) is 6.07 Å². The molecule has 1 rings (SSSR count). The highest BCUT2D eigenvalue weighted by atomic mass is 35.5. The van der Waals surface area contributed by atoms with Crippen LogP contribution in [0.15, 0.2) is 12.1 Å². The van der Waals surface area contributed by atoms with Crippen LogP contribution in [0.2, 0.25) is 0 Å². The molecule has 0 aliphatic heterocycles. The van der Waals surface area contributed by atoms with Gasteiger partial charge in [0.1, 0.15) is 0 Å². The number of aromatic nitrogens is 1. The molecule has 0 atom stereocenters. The molecule has 1 aromatic heterocycles.